The number of amides is 2. The second kappa shape index (κ2) is 20.3. The number of aryl methyl sites for hydroxylation is 1. The van der Waals surface area contributed by atoms with Crippen molar-refractivity contribution in [2.75, 3.05) is 39.5 Å². The number of esters is 2. The van der Waals surface area contributed by atoms with E-state index in [9.17, 15) is 36.0 Å². The van der Waals surface area contributed by atoms with Crippen molar-refractivity contribution in [3.05, 3.63) is 48.0 Å². The molecule has 0 unspecified atom stereocenters. The second-order valence-corrected chi connectivity index (χ2v) is 17.1. The van der Waals surface area contributed by atoms with Gasteiger partial charge in [-0.05, 0) is 92.1 Å². The molecule has 0 aliphatic carbocycles. The highest BCUT2D eigenvalue weighted by Gasteiger charge is 2.35. The van der Waals surface area contributed by atoms with E-state index in [2.05, 4.69) is 5.32 Å². The molecule has 2 amide bonds. The van der Waals surface area contributed by atoms with Crippen LogP contribution in [0.1, 0.15) is 67.4 Å². The third-order valence-corrected chi connectivity index (χ3v) is 9.63. The van der Waals surface area contributed by atoms with Crippen molar-refractivity contribution in [1.29, 1.82) is 5.41 Å². The fourth-order valence-electron chi connectivity index (χ4n) is 4.32. The summed E-state index contributed by atoms with van der Waals surface area (Å²) in [6, 6.07) is 8.67. The van der Waals surface area contributed by atoms with Crippen molar-refractivity contribution in [2.24, 2.45) is 0 Å². The Morgan fingerprint density at radius 1 is 0.768 bits per heavy atom. The fourth-order valence-corrected chi connectivity index (χ4v) is 7.34. The van der Waals surface area contributed by atoms with E-state index in [0.717, 1.165) is 12.1 Å². The molecule has 0 aliphatic rings. The largest absolute Gasteiger partial charge is 0.493 e. The quantitative estimate of drug-likeness (QED) is 0.0430. The Balaban J connectivity index is 2.24. The molecule has 0 fully saturated rings. The van der Waals surface area contributed by atoms with E-state index in [1.54, 1.807) is 54.5 Å². The van der Waals surface area contributed by atoms with E-state index >= 15 is 0 Å². The minimum absolute atomic E-state index is 0.0531. The van der Waals surface area contributed by atoms with Gasteiger partial charge in [0.2, 0.25) is 16.0 Å². The minimum Gasteiger partial charge on any atom is -0.493 e. The summed E-state index contributed by atoms with van der Waals surface area (Å²) in [6.07, 6.45) is -1.97. The Labute approximate surface area is 327 Å². The van der Waals surface area contributed by atoms with Gasteiger partial charge in [-0.3, -0.25) is 25.2 Å². The van der Waals surface area contributed by atoms with E-state index in [4.69, 9.17) is 38.1 Å². The number of nitrogens with one attached hydrogen (secondary N) is 2. The first-order chi connectivity index (χ1) is 25.9. The lowest BCUT2D eigenvalue weighted by Gasteiger charge is -2.27. The van der Waals surface area contributed by atoms with Crippen molar-refractivity contribution in [2.45, 2.75) is 89.7 Å². The number of rotatable bonds is 17. The lowest BCUT2D eigenvalue weighted by Crippen LogP contribution is -2.49. The van der Waals surface area contributed by atoms with E-state index in [1.165, 1.54) is 38.1 Å². The number of alkyl carbamates (subject to hydrolysis) is 1. The van der Waals surface area contributed by atoms with Crippen LogP contribution in [0.3, 0.4) is 0 Å². The lowest BCUT2D eigenvalue weighted by molar-refractivity contribution is -0.146. The monoisotopic (exact) mass is 830 g/mol. The zero-order chi connectivity index (χ0) is 42.5. The van der Waals surface area contributed by atoms with Gasteiger partial charge in [0.25, 0.3) is 0 Å². The zero-order valence-electron chi connectivity index (χ0n) is 32.8. The first-order valence-electron chi connectivity index (χ1n) is 17.2. The van der Waals surface area contributed by atoms with Gasteiger partial charge in [-0.25, -0.2) is 18.0 Å². The summed E-state index contributed by atoms with van der Waals surface area (Å²) in [6.45, 7) is 12.1. The number of hydrogen-bond acceptors (Lipinski definition) is 16. The number of sulfonamides is 1. The summed E-state index contributed by atoms with van der Waals surface area (Å²) < 4.78 is 86.5. The van der Waals surface area contributed by atoms with Crippen LogP contribution in [0, 0.1) is 12.3 Å². The van der Waals surface area contributed by atoms with Gasteiger partial charge < -0.3 is 27.9 Å². The number of hydrogen-bond donors (Lipinski definition) is 2. The molecule has 2 aromatic carbocycles. The van der Waals surface area contributed by atoms with Crippen LogP contribution < -0.4 is 14.2 Å². The van der Waals surface area contributed by atoms with Crippen molar-refractivity contribution in [1.82, 2.24) is 14.7 Å². The summed E-state index contributed by atoms with van der Waals surface area (Å²) in [4.78, 5) is 53.4. The summed E-state index contributed by atoms with van der Waals surface area (Å²) >= 11 is 0. The molecular weight excluding hydrogens is 781 g/mol. The zero-order valence-corrected chi connectivity index (χ0v) is 34.5. The first-order valence-corrected chi connectivity index (χ1v) is 20.1. The van der Waals surface area contributed by atoms with Gasteiger partial charge >= 0.3 is 34.2 Å². The SMILES string of the molecule is CCOC(=O)CN(CC(=O)OCC)S(=O)(=O)c1ccccc1S(=O)(=O)Oc1cc(C)cc(OCCCON(C(=N)NC(=O)OC(C)(C)C)C(=O)OC(C)(C)C)c1. The number of hydroxylamine groups is 2. The molecule has 0 spiro atoms. The van der Waals surface area contributed by atoms with Gasteiger partial charge in [-0.1, -0.05) is 12.1 Å². The summed E-state index contributed by atoms with van der Waals surface area (Å²) in [5.41, 5.74) is -1.34. The molecule has 2 rings (SSSR count). The van der Waals surface area contributed by atoms with Gasteiger partial charge in [-0.15, -0.1) is 5.06 Å². The number of carbonyl (C=O) groups is 4. The molecule has 0 heterocycles. The smallest absolute Gasteiger partial charge is 0.442 e. The van der Waals surface area contributed by atoms with E-state index in [0.29, 0.717) is 14.9 Å². The predicted molar refractivity (Wildman–Crippen MR) is 199 cm³/mol. The molecule has 56 heavy (non-hydrogen) atoms. The molecule has 2 aromatic rings. The molecular formula is C35H50N4O15S2. The molecule has 2 N–H and O–H groups in total. The predicted octanol–water partition coefficient (Wildman–Crippen LogP) is 4.28. The Hall–Kier alpha value is -4.99. The van der Waals surface area contributed by atoms with E-state index < -0.39 is 84.3 Å². The number of guanidine groups is 1. The van der Waals surface area contributed by atoms with Gasteiger partial charge in [0.05, 0.1) is 26.4 Å². The molecule has 21 heteroatoms. The summed E-state index contributed by atoms with van der Waals surface area (Å²) in [5, 5.41) is 10.7. The van der Waals surface area contributed by atoms with Gasteiger partial charge in [0.15, 0.2) is 0 Å². The minimum atomic E-state index is -4.88. The Morgan fingerprint density at radius 3 is 1.84 bits per heavy atom. The number of ether oxygens (including phenoxy) is 5. The molecule has 0 saturated heterocycles. The van der Waals surface area contributed by atoms with Crippen LogP contribution in [-0.4, -0.2) is 107 Å². The van der Waals surface area contributed by atoms with Crippen molar-refractivity contribution in [3.63, 3.8) is 0 Å². The van der Waals surface area contributed by atoms with Crippen LogP contribution in [0.25, 0.3) is 0 Å². The maximum absolute atomic E-state index is 13.8. The molecule has 0 radical (unpaired) electrons. The van der Waals surface area contributed by atoms with Crippen LogP contribution in [0.4, 0.5) is 9.59 Å². The molecule has 0 aromatic heterocycles. The van der Waals surface area contributed by atoms with Crippen LogP contribution in [0.2, 0.25) is 0 Å². The van der Waals surface area contributed by atoms with Crippen molar-refractivity contribution >= 4 is 50.2 Å². The number of nitrogens with zero attached hydrogens (tertiary/aromatic N) is 2. The summed E-state index contributed by atoms with van der Waals surface area (Å²) in [5.74, 6) is -2.82. The third kappa shape index (κ3) is 15.6. The molecule has 0 atom stereocenters. The highest BCUT2D eigenvalue weighted by atomic mass is 32.2. The third-order valence-electron chi connectivity index (χ3n) is 6.35. The highest BCUT2D eigenvalue weighted by molar-refractivity contribution is 7.91. The Bertz CT molecular complexity index is 1920. The standard InChI is InChI=1S/C35H50N4O15S2/c1-10-48-29(40)22-38(23-30(41)49-11-2)55(44,45)27-15-12-13-16-28(27)56(46,47)54-26-20-24(3)19-25(21-26)50-17-14-18-51-39(33(43)53-35(7,8)9)31(36)37-32(42)52-34(4,5)6/h12-13,15-16,19-21H,10-11,14,17-18,22-23H2,1-9H3,(H2,36,37,42). The van der Waals surface area contributed by atoms with Crippen LogP contribution in [0.5, 0.6) is 11.5 Å². The van der Waals surface area contributed by atoms with Gasteiger partial charge in [0, 0.05) is 12.5 Å². The molecule has 312 valence electrons. The lowest BCUT2D eigenvalue weighted by atomic mass is 10.2. The second-order valence-electron chi connectivity index (χ2n) is 13.6. The first kappa shape index (κ1) is 47.2. The Morgan fingerprint density at radius 2 is 1.30 bits per heavy atom. The molecule has 0 aliphatic heterocycles. The maximum Gasteiger partial charge on any atom is 0.442 e. The number of carbonyl (C=O) groups excluding carboxylic acids is 4. The van der Waals surface area contributed by atoms with Gasteiger partial charge in [-0.2, -0.15) is 12.7 Å². The maximum atomic E-state index is 13.8. The van der Waals surface area contributed by atoms with Crippen LogP contribution >= 0.6 is 0 Å². The van der Waals surface area contributed by atoms with E-state index in [-0.39, 0.29) is 44.3 Å². The average Bonchev–Trinajstić information content (AvgIpc) is 3.04. The molecule has 19 nitrogen and oxygen atoms in total. The fraction of sp³-hybridized carbons (Fsp3) is 0.514. The Kier molecular flexibility index (Phi) is 17.1. The summed E-state index contributed by atoms with van der Waals surface area (Å²) in [7, 11) is -9.72. The molecule has 0 saturated carbocycles. The normalized spacial score (nSPS) is 12.0. The van der Waals surface area contributed by atoms with E-state index in [1.807, 2.05) is 0 Å². The highest BCUT2D eigenvalue weighted by Crippen LogP contribution is 2.30. The van der Waals surface area contributed by atoms with Crippen molar-refractivity contribution in [3.8, 4) is 11.5 Å². The van der Waals surface area contributed by atoms with Crippen molar-refractivity contribution < 1.29 is 68.7 Å². The van der Waals surface area contributed by atoms with Gasteiger partial charge in [0.1, 0.15) is 45.6 Å². The molecule has 0 bridgehead atoms. The topological polar surface area (TPSA) is 244 Å². The average molecular weight is 831 g/mol. The van der Waals surface area contributed by atoms with Crippen LogP contribution in [0.15, 0.2) is 52.3 Å². The number of benzene rings is 2. The van der Waals surface area contributed by atoms with Crippen LogP contribution in [-0.2, 0) is 53.5 Å².